The Morgan fingerprint density at radius 3 is 1.29 bits per heavy atom. The van der Waals surface area contributed by atoms with Crippen LogP contribution in [0.15, 0.2) is 0 Å². The third-order valence-corrected chi connectivity index (χ3v) is 2.28. The van der Waals surface area contributed by atoms with Crippen LogP contribution in [0.2, 0.25) is 0 Å². The fourth-order valence-electron chi connectivity index (χ4n) is 1.15. The van der Waals surface area contributed by atoms with Crippen molar-refractivity contribution in [2.24, 2.45) is 0 Å². The maximum Gasteiger partial charge on any atom is 0.175 e. The molecule has 0 saturated carbocycles. The van der Waals surface area contributed by atoms with Crippen molar-refractivity contribution in [3.63, 3.8) is 0 Å². The van der Waals surface area contributed by atoms with Crippen LogP contribution >= 0.6 is 25.3 Å². The third kappa shape index (κ3) is 20.4. The first-order valence-electron chi connectivity index (χ1n) is 6.73. The number of ether oxygens (including phenoxy) is 5. The Labute approximate surface area is 136 Å². The van der Waals surface area contributed by atoms with E-state index in [9.17, 15) is 0 Å². The molecule has 0 fully saturated rings. The smallest absolute Gasteiger partial charge is 0.175 e. The highest BCUT2D eigenvalue weighted by atomic mass is 32.2. The molecule has 0 spiro atoms. The highest BCUT2D eigenvalue weighted by Gasteiger charge is 2.14. The lowest BCUT2D eigenvalue weighted by Gasteiger charge is -2.14. The van der Waals surface area contributed by atoms with Gasteiger partial charge in [-0.1, -0.05) is 0 Å². The van der Waals surface area contributed by atoms with Gasteiger partial charge < -0.3 is 33.9 Å². The van der Waals surface area contributed by atoms with Gasteiger partial charge in [-0.05, 0) is 0 Å². The van der Waals surface area contributed by atoms with Gasteiger partial charge >= 0.3 is 0 Å². The average Bonchev–Trinajstić information content (AvgIpc) is 2.42. The summed E-state index contributed by atoms with van der Waals surface area (Å²) in [5.41, 5.74) is 0. The van der Waals surface area contributed by atoms with Crippen LogP contribution in [0.1, 0.15) is 0 Å². The Balaban J connectivity index is 3.00. The van der Waals surface area contributed by atoms with Crippen LogP contribution in [0.3, 0.4) is 0 Å². The molecule has 0 amide bonds. The molecule has 0 atom stereocenters. The third-order valence-electron chi connectivity index (χ3n) is 2.02. The Morgan fingerprint density at radius 1 is 0.619 bits per heavy atom. The molecular formula is C12H26O7S2. The van der Waals surface area contributed by atoms with Crippen LogP contribution in [0.5, 0.6) is 0 Å². The van der Waals surface area contributed by atoms with Crippen LogP contribution in [-0.2, 0) is 23.7 Å². The number of aliphatic hydroxyl groups is 2. The number of aliphatic hydroxyl groups excluding tert-OH is 1. The molecule has 0 heterocycles. The molecule has 0 radical (unpaired) electrons. The maximum atomic E-state index is 9.13. The summed E-state index contributed by atoms with van der Waals surface area (Å²) in [6.45, 7) is 4.05. The minimum Gasteiger partial charge on any atom is -0.394 e. The van der Waals surface area contributed by atoms with Gasteiger partial charge in [-0.2, -0.15) is 0 Å². The van der Waals surface area contributed by atoms with Gasteiger partial charge in [0.25, 0.3) is 0 Å². The predicted octanol–water partition coefficient (Wildman–Crippen LogP) is -0.433. The zero-order chi connectivity index (χ0) is 15.8. The second kappa shape index (κ2) is 15.3. The van der Waals surface area contributed by atoms with Crippen molar-refractivity contribution >= 4 is 25.3 Å². The SMILES string of the molecule is OCCOCCOCCOCCOCCOCC(O)(S)S. The van der Waals surface area contributed by atoms with Gasteiger partial charge in [-0.15, -0.1) is 25.3 Å². The average molecular weight is 346 g/mol. The van der Waals surface area contributed by atoms with Gasteiger partial charge in [0.15, 0.2) is 4.27 Å². The Bertz CT molecular complexity index is 214. The summed E-state index contributed by atoms with van der Waals surface area (Å²) < 4.78 is 24.5. The topological polar surface area (TPSA) is 86.6 Å². The van der Waals surface area contributed by atoms with Gasteiger partial charge in [0.2, 0.25) is 0 Å². The van der Waals surface area contributed by atoms with E-state index in [1.165, 1.54) is 0 Å². The molecule has 2 N–H and O–H groups in total. The lowest BCUT2D eigenvalue weighted by atomic mass is 10.7. The summed E-state index contributed by atoms with van der Waals surface area (Å²) in [6.07, 6.45) is 0. The van der Waals surface area contributed by atoms with E-state index < -0.39 is 4.27 Å². The zero-order valence-electron chi connectivity index (χ0n) is 12.1. The summed E-state index contributed by atoms with van der Waals surface area (Å²) in [4.78, 5) is 0. The van der Waals surface area contributed by atoms with Crippen LogP contribution in [-0.4, -0.2) is 87.2 Å². The number of hydrogen-bond acceptors (Lipinski definition) is 9. The van der Waals surface area contributed by atoms with E-state index in [0.29, 0.717) is 59.5 Å². The first-order chi connectivity index (χ1) is 10.1. The molecule has 0 rings (SSSR count). The van der Waals surface area contributed by atoms with Crippen molar-refractivity contribution in [3.8, 4) is 0 Å². The molecular weight excluding hydrogens is 320 g/mol. The minimum atomic E-state index is -1.41. The molecule has 0 aromatic carbocycles. The molecule has 0 aliphatic carbocycles. The zero-order valence-corrected chi connectivity index (χ0v) is 13.9. The van der Waals surface area contributed by atoms with Gasteiger partial charge in [-0.3, -0.25) is 0 Å². The summed E-state index contributed by atoms with van der Waals surface area (Å²) in [5.74, 6) is 0. The monoisotopic (exact) mass is 346 g/mol. The molecule has 0 aromatic heterocycles. The summed E-state index contributed by atoms with van der Waals surface area (Å²) in [7, 11) is 0. The molecule has 0 bridgehead atoms. The van der Waals surface area contributed by atoms with E-state index >= 15 is 0 Å². The fourth-order valence-corrected chi connectivity index (χ4v) is 1.34. The highest BCUT2D eigenvalue weighted by molar-refractivity contribution is 8.00. The molecule has 7 nitrogen and oxygen atoms in total. The molecule has 0 aliphatic rings. The Morgan fingerprint density at radius 2 is 0.952 bits per heavy atom. The van der Waals surface area contributed by atoms with E-state index in [4.69, 9.17) is 33.9 Å². The standard InChI is InChI=1S/C12H26O7S2/c13-1-2-15-3-4-16-5-6-17-7-8-18-9-10-19-11-12(14,20)21/h13-14,20-21H,1-11H2. The quantitative estimate of drug-likeness (QED) is 0.171. The van der Waals surface area contributed by atoms with E-state index in [-0.39, 0.29) is 13.2 Å². The van der Waals surface area contributed by atoms with Crippen LogP contribution in [0, 0.1) is 0 Å². The van der Waals surface area contributed by atoms with Crippen molar-refractivity contribution < 1.29 is 33.9 Å². The number of rotatable bonds is 16. The predicted molar refractivity (Wildman–Crippen MR) is 84.1 cm³/mol. The largest absolute Gasteiger partial charge is 0.394 e. The number of thiol groups is 2. The van der Waals surface area contributed by atoms with Crippen molar-refractivity contribution in [2.75, 3.05) is 72.7 Å². The molecule has 9 heteroatoms. The van der Waals surface area contributed by atoms with Crippen molar-refractivity contribution in [3.05, 3.63) is 0 Å². The van der Waals surface area contributed by atoms with E-state index in [1.54, 1.807) is 0 Å². The van der Waals surface area contributed by atoms with Crippen LogP contribution in [0.25, 0.3) is 0 Å². The summed E-state index contributed by atoms with van der Waals surface area (Å²) >= 11 is 7.56. The molecule has 21 heavy (non-hydrogen) atoms. The van der Waals surface area contributed by atoms with Crippen LogP contribution in [0.4, 0.5) is 0 Å². The second-order valence-corrected chi connectivity index (χ2v) is 5.83. The van der Waals surface area contributed by atoms with Crippen molar-refractivity contribution in [1.82, 2.24) is 0 Å². The Kier molecular flexibility index (Phi) is 15.6. The normalized spacial score (nSPS) is 12.0. The summed E-state index contributed by atoms with van der Waals surface area (Å²) in [5, 5.41) is 17.6. The molecule has 0 aromatic rings. The molecule has 0 aliphatic heterocycles. The first kappa shape index (κ1) is 21.4. The molecule has 128 valence electrons. The minimum absolute atomic E-state index is 0.0261. The van der Waals surface area contributed by atoms with Gasteiger partial charge in [-0.25, -0.2) is 0 Å². The van der Waals surface area contributed by atoms with Crippen molar-refractivity contribution in [2.45, 2.75) is 4.27 Å². The van der Waals surface area contributed by atoms with Gasteiger partial charge in [0, 0.05) is 0 Å². The Hall–Kier alpha value is 0.420. The number of hydrogen-bond donors (Lipinski definition) is 4. The maximum absolute atomic E-state index is 9.13. The second-order valence-electron chi connectivity index (χ2n) is 4.00. The van der Waals surface area contributed by atoms with Gasteiger partial charge in [0.1, 0.15) is 0 Å². The van der Waals surface area contributed by atoms with E-state index in [2.05, 4.69) is 25.3 Å². The highest BCUT2D eigenvalue weighted by Crippen LogP contribution is 2.14. The van der Waals surface area contributed by atoms with Crippen molar-refractivity contribution in [1.29, 1.82) is 0 Å². The summed E-state index contributed by atoms with van der Waals surface area (Å²) in [6, 6.07) is 0. The lowest BCUT2D eigenvalue weighted by Crippen LogP contribution is -2.22. The molecule has 0 unspecified atom stereocenters. The lowest BCUT2D eigenvalue weighted by molar-refractivity contribution is -0.0178. The fraction of sp³-hybridized carbons (Fsp3) is 1.00. The van der Waals surface area contributed by atoms with E-state index in [0.717, 1.165) is 0 Å². The molecule has 0 saturated heterocycles. The first-order valence-corrected chi connectivity index (χ1v) is 7.62. The van der Waals surface area contributed by atoms with Gasteiger partial charge in [0.05, 0.1) is 72.7 Å². The van der Waals surface area contributed by atoms with E-state index in [1.807, 2.05) is 0 Å². The van der Waals surface area contributed by atoms with Crippen LogP contribution < -0.4 is 0 Å².